The van der Waals surface area contributed by atoms with Gasteiger partial charge in [-0.2, -0.15) is 0 Å². The van der Waals surface area contributed by atoms with Gasteiger partial charge in [-0.1, -0.05) is 27.7 Å². The number of rotatable bonds is 4. The van der Waals surface area contributed by atoms with E-state index in [1.165, 1.54) is 36.6 Å². The van der Waals surface area contributed by atoms with Crippen LogP contribution in [-0.2, 0) is 6.54 Å². The normalized spacial score (nSPS) is 21.0. The molecule has 1 aliphatic rings. The summed E-state index contributed by atoms with van der Waals surface area (Å²) in [5.74, 6) is 0.841. The number of aromatic nitrogens is 1. The minimum atomic E-state index is 0.440. The van der Waals surface area contributed by atoms with E-state index in [1.807, 2.05) is 0 Å². The van der Waals surface area contributed by atoms with E-state index in [-0.39, 0.29) is 0 Å². The summed E-state index contributed by atoms with van der Waals surface area (Å²) in [6.07, 6.45) is 3.95. The van der Waals surface area contributed by atoms with Gasteiger partial charge < -0.3 is 10.2 Å². The van der Waals surface area contributed by atoms with E-state index >= 15 is 0 Å². The van der Waals surface area contributed by atoms with Crippen LogP contribution in [0.5, 0.6) is 0 Å². The van der Waals surface area contributed by atoms with Gasteiger partial charge in [0.05, 0.1) is 5.69 Å². The highest BCUT2D eigenvalue weighted by molar-refractivity contribution is 7.13. The van der Waals surface area contributed by atoms with Gasteiger partial charge in [-0.3, -0.25) is 0 Å². The lowest BCUT2D eigenvalue weighted by molar-refractivity contribution is 0.220. The first-order valence-electron chi connectivity index (χ1n) is 7.90. The fourth-order valence-corrected chi connectivity index (χ4v) is 3.81. The van der Waals surface area contributed by atoms with Crippen molar-refractivity contribution in [3.05, 3.63) is 11.1 Å². The molecular formula is C16H29N3S. The van der Waals surface area contributed by atoms with E-state index < -0.39 is 0 Å². The fourth-order valence-electron chi connectivity index (χ4n) is 2.93. The Bertz CT molecular complexity index is 408. The molecule has 20 heavy (non-hydrogen) atoms. The lowest BCUT2D eigenvalue weighted by Gasteiger charge is -2.29. The van der Waals surface area contributed by atoms with E-state index in [0.29, 0.717) is 5.41 Å². The quantitative estimate of drug-likeness (QED) is 0.913. The Kier molecular flexibility index (Phi) is 5.44. The van der Waals surface area contributed by atoms with Gasteiger partial charge in [-0.15, -0.1) is 11.3 Å². The van der Waals surface area contributed by atoms with Crippen molar-refractivity contribution in [2.75, 3.05) is 24.5 Å². The SMILES string of the molecule is CCNCc1csc(N2CCCC(C(C)(C)C)CC2)n1. The topological polar surface area (TPSA) is 28.2 Å². The molecule has 1 saturated heterocycles. The summed E-state index contributed by atoms with van der Waals surface area (Å²) >= 11 is 1.80. The summed E-state index contributed by atoms with van der Waals surface area (Å²) in [5.41, 5.74) is 1.62. The van der Waals surface area contributed by atoms with Crippen molar-refractivity contribution in [3.63, 3.8) is 0 Å². The van der Waals surface area contributed by atoms with E-state index in [0.717, 1.165) is 25.6 Å². The second kappa shape index (κ2) is 6.90. The van der Waals surface area contributed by atoms with Crippen LogP contribution in [-0.4, -0.2) is 24.6 Å². The molecule has 0 aliphatic carbocycles. The van der Waals surface area contributed by atoms with Crippen LogP contribution >= 0.6 is 11.3 Å². The molecule has 0 amide bonds. The Morgan fingerprint density at radius 1 is 1.35 bits per heavy atom. The van der Waals surface area contributed by atoms with Gasteiger partial charge in [0.25, 0.3) is 0 Å². The Morgan fingerprint density at radius 2 is 2.15 bits per heavy atom. The number of nitrogens with zero attached hydrogens (tertiary/aromatic N) is 2. The number of hydrogen-bond acceptors (Lipinski definition) is 4. The van der Waals surface area contributed by atoms with Gasteiger partial charge in [-0.25, -0.2) is 4.98 Å². The molecule has 0 spiro atoms. The maximum Gasteiger partial charge on any atom is 0.185 e. The average Bonchev–Trinajstić information content (AvgIpc) is 2.70. The van der Waals surface area contributed by atoms with Gasteiger partial charge in [0, 0.05) is 25.0 Å². The first-order chi connectivity index (χ1) is 9.50. The molecule has 0 aromatic carbocycles. The molecule has 1 aromatic rings. The van der Waals surface area contributed by atoms with Crippen LogP contribution < -0.4 is 10.2 Å². The van der Waals surface area contributed by atoms with Crippen molar-refractivity contribution in [1.82, 2.24) is 10.3 Å². The van der Waals surface area contributed by atoms with E-state index in [9.17, 15) is 0 Å². The van der Waals surface area contributed by atoms with Crippen molar-refractivity contribution < 1.29 is 0 Å². The number of hydrogen-bond donors (Lipinski definition) is 1. The third-order valence-electron chi connectivity index (χ3n) is 4.32. The lowest BCUT2D eigenvalue weighted by atomic mass is 9.77. The lowest BCUT2D eigenvalue weighted by Crippen LogP contribution is -2.26. The summed E-state index contributed by atoms with van der Waals surface area (Å²) in [6.45, 7) is 13.5. The van der Waals surface area contributed by atoms with E-state index in [1.54, 1.807) is 11.3 Å². The molecular weight excluding hydrogens is 266 g/mol. The highest BCUT2D eigenvalue weighted by Crippen LogP contribution is 2.35. The van der Waals surface area contributed by atoms with Crippen molar-refractivity contribution in [3.8, 4) is 0 Å². The molecule has 1 N–H and O–H groups in total. The predicted molar refractivity (Wildman–Crippen MR) is 88.5 cm³/mol. The largest absolute Gasteiger partial charge is 0.348 e. The van der Waals surface area contributed by atoms with Crippen LogP contribution in [0.2, 0.25) is 0 Å². The first kappa shape index (κ1) is 15.8. The minimum absolute atomic E-state index is 0.440. The molecule has 4 heteroatoms. The maximum atomic E-state index is 4.78. The van der Waals surface area contributed by atoms with Crippen LogP contribution in [0.1, 0.15) is 52.7 Å². The molecule has 0 radical (unpaired) electrons. The third-order valence-corrected chi connectivity index (χ3v) is 5.27. The molecule has 0 saturated carbocycles. The van der Waals surface area contributed by atoms with Crippen LogP contribution in [0.4, 0.5) is 5.13 Å². The monoisotopic (exact) mass is 295 g/mol. The Hall–Kier alpha value is -0.610. The minimum Gasteiger partial charge on any atom is -0.348 e. The summed E-state index contributed by atoms with van der Waals surface area (Å²) in [4.78, 5) is 7.27. The summed E-state index contributed by atoms with van der Waals surface area (Å²) in [6, 6.07) is 0. The van der Waals surface area contributed by atoms with Crippen molar-refractivity contribution in [2.24, 2.45) is 11.3 Å². The van der Waals surface area contributed by atoms with Crippen LogP contribution in [0, 0.1) is 11.3 Å². The zero-order chi connectivity index (χ0) is 14.6. The number of nitrogens with one attached hydrogen (secondary N) is 1. The average molecular weight is 295 g/mol. The van der Waals surface area contributed by atoms with Gasteiger partial charge in [0.2, 0.25) is 0 Å². The Labute approximate surface area is 127 Å². The highest BCUT2D eigenvalue weighted by Gasteiger charge is 2.27. The molecule has 1 aromatic heterocycles. The number of thiazole rings is 1. The molecule has 114 valence electrons. The molecule has 2 heterocycles. The molecule has 1 fully saturated rings. The van der Waals surface area contributed by atoms with Gasteiger partial charge >= 0.3 is 0 Å². The van der Waals surface area contributed by atoms with Crippen LogP contribution in [0.25, 0.3) is 0 Å². The molecule has 1 atom stereocenters. The van der Waals surface area contributed by atoms with Gasteiger partial charge in [-0.05, 0) is 37.1 Å². The molecule has 3 nitrogen and oxygen atoms in total. The van der Waals surface area contributed by atoms with Crippen molar-refractivity contribution >= 4 is 16.5 Å². The van der Waals surface area contributed by atoms with Gasteiger partial charge in [0.15, 0.2) is 5.13 Å². The molecule has 0 bridgehead atoms. The standard InChI is InChI=1S/C16H29N3S/c1-5-17-11-14-12-20-15(18-14)19-9-6-7-13(8-10-19)16(2,3)4/h12-13,17H,5-11H2,1-4H3. The zero-order valence-electron chi connectivity index (χ0n) is 13.4. The predicted octanol–water partition coefficient (Wildman–Crippen LogP) is 3.91. The summed E-state index contributed by atoms with van der Waals surface area (Å²) in [7, 11) is 0. The smallest absolute Gasteiger partial charge is 0.185 e. The number of anilines is 1. The van der Waals surface area contributed by atoms with Crippen molar-refractivity contribution in [2.45, 2.75) is 53.5 Å². The highest BCUT2D eigenvalue weighted by atomic mass is 32.1. The Balaban J connectivity index is 1.94. The van der Waals surface area contributed by atoms with E-state index in [4.69, 9.17) is 4.98 Å². The first-order valence-corrected chi connectivity index (χ1v) is 8.78. The van der Waals surface area contributed by atoms with Gasteiger partial charge in [0.1, 0.15) is 0 Å². The molecule has 1 aliphatic heterocycles. The van der Waals surface area contributed by atoms with Crippen LogP contribution in [0.3, 0.4) is 0 Å². The second-order valence-corrected chi connectivity index (χ2v) is 7.72. The fraction of sp³-hybridized carbons (Fsp3) is 0.812. The zero-order valence-corrected chi connectivity index (χ0v) is 14.2. The summed E-state index contributed by atoms with van der Waals surface area (Å²) < 4.78 is 0. The third kappa shape index (κ3) is 4.19. The second-order valence-electron chi connectivity index (χ2n) is 6.88. The Morgan fingerprint density at radius 3 is 2.85 bits per heavy atom. The molecule has 1 unspecified atom stereocenters. The van der Waals surface area contributed by atoms with E-state index in [2.05, 4.69) is 43.3 Å². The maximum absolute atomic E-state index is 4.78. The summed E-state index contributed by atoms with van der Waals surface area (Å²) in [5, 5.41) is 6.76. The molecule has 2 rings (SSSR count). The van der Waals surface area contributed by atoms with Crippen molar-refractivity contribution in [1.29, 1.82) is 0 Å². The van der Waals surface area contributed by atoms with Crippen LogP contribution in [0.15, 0.2) is 5.38 Å².